The minimum absolute atomic E-state index is 0.625. The van der Waals surface area contributed by atoms with E-state index in [4.69, 9.17) is 23.2 Å². The van der Waals surface area contributed by atoms with Crippen molar-refractivity contribution in [3.63, 3.8) is 0 Å². The fourth-order valence-electron chi connectivity index (χ4n) is 2.29. The average molecular weight is 318 g/mol. The Bertz CT molecular complexity index is 811. The molecule has 0 saturated carbocycles. The first kappa shape index (κ1) is 14.1. The summed E-state index contributed by atoms with van der Waals surface area (Å²) in [6.07, 6.45) is 0. The van der Waals surface area contributed by atoms with Crippen LogP contribution in [0.1, 0.15) is 5.56 Å². The zero-order valence-electron chi connectivity index (χ0n) is 11.6. The molecule has 3 rings (SSSR count). The molecule has 0 unspecified atom stereocenters. The van der Waals surface area contributed by atoms with Gasteiger partial charge in [0.25, 0.3) is 0 Å². The number of hydrogen-bond acceptors (Lipinski definition) is 3. The van der Waals surface area contributed by atoms with Crippen molar-refractivity contribution in [2.24, 2.45) is 0 Å². The Morgan fingerprint density at radius 2 is 1.76 bits per heavy atom. The van der Waals surface area contributed by atoms with E-state index >= 15 is 0 Å². The van der Waals surface area contributed by atoms with Gasteiger partial charge in [0.15, 0.2) is 5.82 Å². The van der Waals surface area contributed by atoms with Crippen LogP contribution >= 0.6 is 23.2 Å². The van der Waals surface area contributed by atoms with Crippen LogP contribution in [-0.2, 0) is 0 Å². The maximum atomic E-state index is 6.12. The lowest BCUT2D eigenvalue weighted by molar-refractivity contribution is 1.21. The molecular formula is C16H13Cl2N3. The van der Waals surface area contributed by atoms with Crippen molar-refractivity contribution in [1.29, 1.82) is 0 Å². The average Bonchev–Trinajstić information content (AvgIpc) is 2.44. The summed E-state index contributed by atoms with van der Waals surface area (Å²) in [6, 6.07) is 11.4. The van der Waals surface area contributed by atoms with Gasteiger partial charge in [-0.3, -0.25) is 0 Å². The number of benzene rings is 2. The van der Waals surface area contributed by atoms with Gasteiger partial charge >= 0.3 is 0 Å². The van der Waals surface area contributed by atoms with E-state index in [1.165, 1.54) is 0 Å². The van der Waals surface area contributed by atoms with Crippen molar-refractivity contribution in [2.45, 2.75) is 6.92 Å². The SMILES string of the molecule is CNc1nc(-c2cc(C)cc(Cl)c2)nc2cc(Cl)ccc12. The molecule has 5 heteroatoms. The molecular weight excluding hydrogens is 305 g/mol. The molecule has 2 aromatic carbocycles. The summed E-state index contributed by atoms with van der Waals surface area (Å²) in [7, 11) is 1.84. The van der Waals surface area contributed by atoms with Crippen LogP contribution < -0.4 is 5.32 Å². The predicted molar refractivity (Wildman–Crippen MR) is 89.3 cm³/mol. The molecule has 0 aliphatic heterocycles. The first-order valence-electron chi connectivity index (χ1n) is 6.49. The minimum Gasteiger partial charge on any atom is -0.373 e. The zero-order chi connectivity index (χ0) is 15.0. The van der Waals surface area contributed by atoms with Crippen molar-refractivity contribution in [1.82, 2.24) is 9.97 Å². The topological polar surface area (TPSA) is 37.8 Å². The third-order valence-electron chi connectivity index (χ3n) is 3.20. The number of fused-ring (bicyclic) bond motifs is 1. The minimum atomic E-state index is 0.625. The van der Waals surface area contributed by atoms with Gasteiger partial charge in [-0.2, -0.15) is 0 Å². The Morgan fingerprint density at radius 3 is 2.48 bits per heavy atom. The highest BCUT2D eigenvalue weighted by Crippen LogP contribution is 2.28. The second-order valence-electron chi connectivity index (χ2n) is 4.82. The largest absolute Gasteiger partial charge is 0.373 e. The van der Waals surface area contributed by atoms with E-state index < -0.39 is 0 Å². The highest BCUT2D eigenvalue weighted by molar-refractivity contribution is 6.31. The molecule has 1 N–H and O–H groups in total. The molecule has 0 fully saturated rings. The van der Waals surface area contributed by atoms with Crippen LogP contribution in [-0.4, -0.2) is 17.0 Å². The molecule has 0 spiro atoms. The van der Waals surface area contributed by atoms with Crippen molar-refractivity contribution in [3.8, 4) is 11.4 Å². The fourth-order valence-corrected chi connectivity index (χ4v) is 2.74. The standard InChI is InChI=1S/C16H13Cl2N3/c1-9-5-10(7-12(18)6-9)15-20-14-8-11(17)3-4-13(14)16(19-2)21-15/h3-8H,1-2H3,(H,19,20,21). The third kappa shape index (κ3) is 2.80. The Hall–Kier alpha value is -1.84. The van der Waals surface area contributed by atoms with E-state index in [2.05, 4.69) is 15.3 Å². The van der Waals surface area contributed by atoms with Crippen LogP contribution in [0, 0.1) is 6.92 Å². The molecule has 0 aliphatic carbocycles. The molecule has 0 saturated heterocycles. The van der Waals surface area contributed by atoms with E-state index in [1.54, 1.807) is 0 Å². The molecule has 1 aromatic heterocycles. The molecule has 0 radical (unpaired) electrons. The number of aromatic nitrogens is 2. The molecule has 3 aromatic rings. The second-order valence-corrected chi connectivity index (χ2v) is 5.70. The lowest BCUT2D eigenvalue weighted by Gasteiger charge is -2.09. The first-order valence-corrected chi connectivity index (χ1v) is 7.25. The van der Waals surface area contributed by atoms with Crippen molar-refractivity contribution in [3.05, 3.63) is 52.0 Å². The number of rotatable bonds is 2. The van der Waals surface area contributed by atoms with Gasteiger partial charge in [0.05, 0.1) is 5.52 Å². The van der Waals surface area contributed by atoms with Crippen LogP contribution in [0.4, 0.5) is 5.82 Å². The zero-order valence-corrected chi connectivity index (χ0v) is 13.1. The highest BCUT2D eigenvalue weighted by atomic mass is 35.5. The number of nitrogens with zero attached hydrogens (tertiary/aromatic N) is 2. The quantitative estimate of drug-likeness (QED) is 0.726. The Kier molecular flexibility index (Phi) is 3.70. The Balaban J connectivity index is 2.27. The van der Waals surface area contributed by atoms with Gasteiger partial charge in [-0.05, 0) is 48.9 Å². The summed E-state index contributed by atoms with van der Waals surface area (Å²) < 4.78 is 0. The number of aryl methyl sites for hydroxylation is 1. The van der Waals surface area contributed by atoms with Gasteiger partial charge in [0.2, 0.25) is 0 Å². The highest BCUT2D eigenvalue weighted by Gasteiger charge is 2.10. The van der Waals surface area contributed by atoms with E-state index in [0.717, 1.165) is 27.8 Å². The Morgan fingerprint density at radius 1 is 0.952 bits per heavy atom. The van der Waals surface area contributed by atoms with Crippen LogP contribution in [0.5, 0.6) is 0 Å². The molecule has 3 nitrogen and oxygen atoms in total. The van der Waals surface area contributed by atoms with Crippen molar-refractivity contribution < 1.29 is 0 Å². The molecule has 106 valence electrons. The van der Waals surface area contributed by atoms with E-state index in [9.17, 15) is 0 Å². The lowest BCUT2D eigenvalue weighted by Crippen LogP contribution is -1.99. The molecule has 21 heavy (non-hydrogen) atoms. The summed E-state index contributed by atoms with van der Waals surface area (Å²) >= 11 is 12.2. The maximum Gasteiger partial charge on any atom is 0.162 e. The second kappa shape index (κ2) is 5.51. The van der Waals surface area contributed by atoms with E-state index in [0.29, 0.717) is 15.9 Å². The normalized spacial score (nSPS) is 10.9. The number of hydrogen-bond donors (Lipinski definition) is 1. The van der Waals surface area contributed by atoms with Crippen molar-refractivity contribution in [2.75, 3.05) is 12.4 Å². The number of anilines is 1. The molecule has 0 atom stereocenters. The van der Waals surface area contributed by atoms with E-state index in [-0.39, 0.29) is 0 Å². The van der Waals surface area contributed by atoms with Crippen LogP contribution in [0.2, 0.25) is 10.0 Å². The molecule has 0 bridgehead atoms. The van der Waals surface area contributed by atoms with Gasteiger partial charge < -0.3 is 5.32 Å². The van der Waals surface area contributed by atoms with Gasteiger partial charge in [-0.1, -0.05) is 23.2 Å². The summed E-state index contributed by atoms with van der Waals surface area (Å²) in [5.74, 6) is 1.39. The smallest absolute Gasteiger partial charge is 0.162 e. The van der Waals surface area contributed by atoms with E-state index in [1.807, 2.05) is 50.4 Å². The van der Waals surface area contributed by atoms with Gasteiger partial charge in [0.1, 0.15) is 5.82 Å². The summed E-state index contributed by atoms with van der Waals surface area (Å²) in [5.41, 5.74) is 2.76. The van der Waals surface area contributed by atoms with Gasteiger partial charge in [0, 0.05) is 28.0 Å². The fraction of sp³-hybridized carbons (Fsp3) is 0.125. The summed E-state index contributed by atoms with van der Waals surface area (Å²) in [5, 5.41) is 5.36. The predicted octanol–water partition coefficient (Wildman–Crippen LogP) is 4.95. The van der Waals surface area contributed by atoms with Crippen LogP contribution in [0.3, 0.4) is 0 Å². The monoisotopic (exact) mass is 317 g/mol. The molecule has 0 amide bonds. The Labute approximate surface area is 132 Å². The van der Waals surface area contributed by atoms with Gasteiger partial charge in [-0.15, -0.1) is 0 Å². The van der Waals surface area contributed by atoms with Crippen molar-refractivity contribution >= 4 is 39.9 Å². The number of halogens is 2. The number of nitrogens with one attached hydrogen (secondary N) is 1. The van der Waals surface area contributed by atoms with Gasteiger partial charge in [-0.25, -0.2) is 9.97 Å². The third-order valence-corrected chi connectivity index (χ3v) is 3.65. The van der Waals surface area contributed by atoms with Crippen LogP contribution in [0.25, 0.3) is 22.3 Å². The molecule has 0 aliphatic rings. The maximum absolute atomic E-state index is 6.12. The summed E-state index contributed by atoms with van der Waals surface area (Å²) in [6.45, 7) is 1.99. The lowest BCUT2D eigenvalue weighted by atomic mass is 10.1. The van der Waals surface area contributed by atoms with Crippen LogP contribution in [0.15, 0.2) is 36.4 Å². The summed E-state index contributed by atoms with van der Waals surface area (Å²) in [4.78, 5) is 9.18. The first-order chi connectivity index (χ1) is 10.1. The molecule has 1 heterocycles.